The lowest BCUT2D eigenvalue weighted by Gasteiger charge is -2.28. The van der Waals surface area contributed by atoms with Crippen LogP contribution in [0, 0.1) is 5.92 Å². The second-order valence-corrected chi connectivity index (χ2v) is 4.11. The van der Waals surface area contributed by atoms with Gasteiger partial charge >= 0.3 is 0 Å². The van der Waals surface area contributed by atoms with Crippen LogP contribution in [0.3, 0.4) is 0 Å². The first kappa shape index (κ1) is 10.3. The van der Waals surface area contributed by atoms with Crippen molar-refractivity contribution in [2.75, 3.05) is 18.9 Å². The van der Waals surface area contributed by atoms with Crippen LogP contribution in [0.25, 0.3) is 0 Å². The van der Waals surface area contributed by atoms with Gasteiger partial charge in [0.25, 0.3) is 5.56 Å². The Kier molecular flexibility index (Phi) is 2.81. The molecule has 0 aliphatic carbocycles. The third-order valence-electron chi connectivity index (χ3n) is 3.14. The van der Waals surface area contributed by atoms with E-state index in [9.17, 15) is 4.79 Å². The predicted molar refractivity (Wildman–Crippen MR) is 57.7 cm³/mol. The fourth-order valence-corrected chi connectivity index (χ4v) is 2.17. The number of nitrogens with one attached hydrogen (secondary N) is 1. The molecule has 84 valence electrons. The Labute approximate surface area is 88.2 Å². The van der Waals surface area contributed by atoms with Crippen molar-refractivity contribution in [2.45, 2.75) is 25.8 Å². The van der Waals surface area contributed by atoms with Gasteiger partial charge in [0.1, 0.15) is 5.82 Å². The minimum Gasteiger partial charge on any atom is -0.384 e. The zero-order valence-electron chi connectivity index (χ0n) is 8.90. The van der Waals surface area contributed by atoms with E-state index in [4.69, 9.17) is 10.5 Å². The molecule has 0 aromatic carbocycles. The SMILES string of the molecule is CC(C1CCOCC1)n1[nH]c(=O)cc1N. The number of nitrogens with zero attached hydrogens (tertiary/aromatic N) is 1. The number of H-pyrrole nitrogens is 1. The highest BCUT2D eigenvalue weighted by Crippen LogP contribution is 2.27. The van der Waals surface area contributed by atoms with Crippen molar-refractivity contribution in [1.82, 2.24) is 9.78 Å². The van der Waals surface area contributed by atoms with Crippen LogP contribution in [0.2, 0.25) is 0 Å². The normalized spacial score (nSPS) is 20.3. The van der Waals surface area contributed by atoms with E-state index in [-0.39, 0.29) is 11.6 Å². The van der Waals surface area contributed by atoms with Crippen molar-refractivity contribution < 1.29 is 4.74 Å². The summed E-state index contributed by atoms with van der Waals surface area (Å²) >= 11 is 0. The van der Waals surface area contributed by atoms with E-state index in [1.165, 1.54) is 6.07 Å². The highest BCUT2D eigenvalue weighted by Gasteiger charge is 2.23. The molecule has 5 heteroatoms. The summed E-state index contributed by atoms with van der Waals surface area (Å²) in [6, 6.07) is 1.66. The van der Waals surface area contributed by atoms with Gasteiger partial charge in [-0.2, -0.15) is 0 Å². The van der Waals surface area contributed by atoms with Crippen LogP contribution >= 0.6 is 0 Å². The van der Waals surface area contributed by atoms with Gasteiger partial charge in [-0.1, -0.05) is 0 Å². The van der Waals surface area contributed by atoms with Gasteiger partial charge in [-0.05, 0) is 25.7 Å². The van der Waals surface area contributed by atoms with E-state index >= 15 is 0 Å². The molecule has 0 bridgehead atoms. The number of aromatic nitrogens is 2. The third kappa shape index (κ3) is 2.07. The van der Waals surface area contributed by atoms with Gasteiger partial charge in [-0.15, -0.1) is 0 Å². The maximum absolute atomic E-state index is 11.1. The summed E-state index contributed by atoms with van der Waals surface area (Å²) in [6.45, 7) is 3.70. The van der Waals surface area contributed by atoms with Gasteiger partial charge in [-0.3, -0.25) is 14.6 Å². The van der Waals surface area contributed by atoms with Crippen LogP contribution in [-0.2, 0) is 4.74 Å². The Hall–Kier alpha value is -1.23. The summed E-state index contributed by atoms with van der Waals surface area (Å²) in [5.41, 5.74) is 5.62. The molecule has 1 unspecified atom stereocenters. The van der Waals surface area contributed by atoms with Crippen LogP contribution in [-0.4, -0.2) is 23.0 Å². The van der Waals surface area contributed by atoms with Gasteiger partial charge in [-0.25, -0.2) is 0 Å². The molecule has 1 aromatic rings. The van der Waals surface area contributed by atoms with Gasteiger partial charge in [0.2, 0.25) is 0 Å². The number of nitrogens with two attached hydrogens (primary N) is 1. The summed E-state index contributed by atoms with van der Waals surface area (Å²) in [5.74, 6) is 1.04. The van der Waals surface area contributed by atoms with Crippen LogP contribution in [0.5, 0.6) is 0 Å². The topological polar surface area (TPSA) is 73.0 Å². The van der Waals surface area contributed by atoms with E-state index in [2.05, 4.69) is 12.0 Å². The lowest BCUT2D eigenvalue weighted by Crippen LogP contribution is -2.26. The second kappa shape index (κ2) is 4.10. The fourth-order valence-electron chi connectivity index (χ4n) is 2.17. The molecule has 1 atom stereocenters. The van der Waals surface area contributed by atoms with E-state index in [0.29, 0.717) is 11.7 Å². The van der Waals surface area contributed by atoms with E-state index in [1.54, 1.807) is 4.68 Å². The number of ether oxygens (including phenoxy) is 1. The average molecular weight is 211 g/mol. The monoisotopic (exact) mass is 211 g/mol. The number of hydrogen-bond acceptors (Lipinski definition) is 3. The largest absolute Gasteiger partial charge is 0.384 e. The molecule has 0 radical (unpaired) electrons. The Morgan fingerprint density at radius 3 is 2.80 bits per heavy atom. The minimum absolute atomic E-state index is 0.133. The predicted octanol–water partition coefficient (Wildman–Crippen LogP) is 0.746. The third-order valence-corrected chi connectivity index (χ3v) is 3.14. The van der Waals surface area contributed by atoms with Crippen LogP contribution in [0.15, 0.2) is 10.9 Å². The molecular formula is C10H17N3O2. The molecule has 0 amide bonds. The van der Waals surface area contributed by atoms with E-state index < -0.39 is 0 Å². The zero-order chi connectivity index (χ0) is 10.8. The van der Waals surface area contributed by atoms with Gasteiger partial charge < -0.3 is 10.5 Å². The van der Waals surface area contributed by atoms with Crippen LogP contribution in [0.1, 0.15) is 25.8 Å². The molecule has 2 heterocycles. The standard InChI is InChI=1S/C10H17N3O2/c1-7(8-2-4-15-5-3-8)13-9(11)6-10(14)12-13/h6-8H,2-5,11H2,1H3,(H,12,14). The summed E-state index contributed by atoms with van der Waals surface area (Å²) in [5, 5.41) is 2.74. The number of aromatic amines is 1. The molecule has 1 saturated heterocycles. The summed E-state index contributed by atoms with van der Waals surface area (Å²) in [7, 11) is 0. The summed E-state index contributed by atoms with van der Waals surface area (Å²) in [4.78, 5) is 11.1. The van der Waals surface area contributed by atoms with Gasteiger partial charge in [0.15, 0.2) is 0 Å². The van der Waals surface area contributed by atoms with Gasteiger partial charge in [0.05, 0.1) is 6.04 Å². The minimum atomic E-state index is -0.133. The molecule has 1 fully saturated rings. The van der Waals surface area contributed by atoms with Crippen molar-refractivity contribution in [3.63, 3.8) is 0 Å². The van der Waals surface area contributed by atoms with Crippen LogP contribution < -0.4 is 11.3 Å². The maximum atomic E-state index is 11.1. The van der Waals surface area contributed by atoms with Crippen molar-refractivity contribution in [2.24, 2.45) is 5.92 Å². The molecule has 1 aromatic heterocycles. The molecule has 2 rings (SSSR count). The highest BCUT2D eigenvalue weighted by atomic mass is 16.5. The van der Waals surface area contributed by atoms with E-state index in [1.807, 2.05) is 0 Å². The number of rotatable bonds is 2. The Balaban J connectivity index is 2.15. The second-order valence-electron chi connectivity index (χ2n) is 4.11. The molecule has 0 saturated carbocycles. The molecule has 1 aliphatic rings. The lowest BCUT2D eigenvalue weighted by atomic mass is 9.93. The average Bonchev–Trinajstić information content (AvgIpc) is 2.58. The van der Waals surface area contributed by atoms with Crippen LogP contribution in [0.4, 0.5) is 5.82 Å². The van der Waals surface area contributed by atoms with Crippen molar-refractivity contribution in [3.8, 4) is 0 Å². The summed E-state index contributed by atoms with van der Waals surface area (Å²) < 4.78 is 7.07. The zero-order valence-corrected chi connectivity index (χ0v) is 8.90. The van der Waals surface area contributed by atoms with Gasteiger partial charge in [0, 0.05) is 19.3 Å². The Morgan fingerprint density at radius 2 is 2.27 bits per heavy atom. The quantitative estimate of drug-likeness (QED) is 0.758. The molecule has 15 heavy (non-hydrogen) atoms. The Bertz CT molecular complexity index is 376. The van der Waals surface area contributed by atoms with Crippen molar-refractivity contribution >= 4 is 5.82 Å². The number of nitrogen functional groups attached to an aromatic ring is 1. The first-order valence-corrected chi connectivity index (χ1v) is 5.33. The fraction of sp³-hybridized carbons (Fsp3) is 0.700. The molecular weight excluding hydrogens is 194 g/mol. The number of anilines is 1. The maximum Gasteiger partial charge on any atom is 0.266 e. The Morgan fingerprint density at radius 1 is 1.60 bits per heavy atom. The summed E-state index contributed by atoms with van der Waals surface area (Å²) in [6.07, 6.45) is 2.06. The molecule has 3 N–H and O–H groups in total. The van der Waals surface area contributed by atoms with Crippen molar-refractivity contribution in [1.29, 1.82) is 0 Å². The first-order valence-electron chi connectivity index (χ1n) is 5.33. The molecule has 1 aliphatic heterocycles. The first-order chi connectivity index (χ1) is 7.18. The molecule has 5 nitrogen and oxygen atoms in total. The molecule has 0 spiro atoms. The van der Waals surface area contributed by atoms with E-state index in [0.717, 1.165) is 26.1 Å². The van der Waals surface area contributed by atoms with Crippen molar-refractivity contribution in [3.05, 3.63) is 16.4 Å². The number of hydrogen-bond donors (Lipinski definition) is 2. The lowest BCUT2D eigenvalue weighted by molar-refractivity contribution is 0.0498. The highest BCUT2D eigenvalue weighted by molar-refractivity contribution is 5.26. The smallest absolute Gasteiger partial charge is 0.266 e.